The summed E-state index contributed by atoms with van der Waals surface area (Å²) >= 11 is 5.76. The first-order valence-electron chi connectivity index (χ1n) is 6.62. The Kier molecular flexibility index (Phi) is 5.74. The molecule has 0 aliphatic carbocycles. The maximum atomic E-state index is 11.9. The number of nitrogens with one attached hydrogen (secondary N) is 1. The van der Waals surface area contributed by atoms with E-state index in [2.05, 4.69) is 4.72 Å². The summed E-state index contributed by atoms with van der Waals surface area (Å²) in [5, 5.41) is 11.6. The SMILES string of the molecule is O=S(=O)(/C=C/c1ccccc1)NCC(O)c1ccc(Cl)cc1. The quantitative estimate of drug-likeness (QED) is 0.851. The minimum atomic E-state index is -3.61. The summed E-state index contributed by atoms with van der Waals surface area (Å²) in [5.41, 5.74) is 1.38. The highest BCUT2D eigenvalue weighted by Gasteiger charge is 2.11. The van der Waals surface area contributed by atoms with Gasteiger partial charge in [-0.05, 0) is 29.3 Å². The lowest BCUT2D eigenvalue weighted by atomic mass is 10.1. The van der Waals surface area contributed by atoms with Gasteiger partial charge >= 0.3 is 0 Å². The lowest BCUT2D eigenvalue weighted by molar-refractivity contribution is 0.182. The number of halogens is 1. The van der Waals surface area contributed by atoms with Crippen LogP contribution in [0.1, 0.15) is 17.2 Å². The molecule has 0 saturated heterocycles. The Labute approximate surface area is 135 Å². The van der Waals surface area contributed by atoms with Crippen LogP contribution in [0.5, 0.6) is 0 Å². The number of aliphatic hydroxyl groups excluding tert-OH is 1. The molecule has 0 amide bonds. The minimum absolute atomic E-state index is 0.108. The van der Waals surface area contributed by atoms with Crippen LogP contribution < -0.4 is 4.72 Å². The van der Waals surface area contributed by atoms with Crippen molar-refractivity contribution in [3.05, 3.63) is 76.2 Å². The van der Waals surface area contributed by atoms with Crippen LogP contribution in [0.2, 0.25) is 5.02 Å². The van der Waals surface area contributed by atoms with Crippen LogP contribution in [-0.2, 0) is 10.0 Å². The lowest BCUT2D eigenvalue weighted by Gasteiger charge is -2.11. The normalized spacial score (nSPS) is 13.4. The minimum Gasteiger partial charge on any atom is -0.387 e. The zero-order valence-corrected chi connectivity index (χ0v) is 13.3. The van der Waals surface area contributed by atoms with Gasteiger partial charge in [0.05, 0.1) is 6.10 Å². The fourth-order valence-corrected chi connectivity index (χ4v) is 2.73. The first kappa shape index (κ1) is 16.7. The maximum absolute atomic E-state index is 11.9. The zero-order chi connectivity index (χ0) is 16.0. The van der Waals surface area contributed by atoms with E-state index in [4.69, 9.17) is 11.6 Å². The van der Waals surface area contributed by atoms with Crippen LogP contribution in [0.25, 0.3) is 6.08 Å². The van der Waals surface area contributed by atoms with Crippen molar-refractivity contribution >= 4 is 27.7 Å². The summed E-state index contributed by atoms with van der Waals surface area (Å²) in [6.07, 6.45) is 0.564. The van der Waals surface area contributed by atoms with Gasteiger partial charge in [0.15, 0.2) is 0 Å². The van der Waals surface area contributed by atoms with Crippen LogP contribution in [0, 0.1) is 0 Å². The van der Waals surface area contributed by atoms with Crippen molar-refractivity contribution < 1.29 is 13.5 Å². The molecular formula is C16H16ClNO3S. The summed E-state index contributed by atoms with van der Waals surface area (Å²) in [5.74, 6) is 0. The van der Waals surface area contributed by atoms with Crippen molar-refractivity contribution in [2.45, 2.75) is 6.10 Å². The summed E-state index contributed by atoms with van der Waals surface area (Å²) in [6.45, 7) is -0.108. The Hall–Kier alpha value is -1.66. The molecule has 0 aliphatic rings. The molecule has 0 aromatic heterocycles. The molecule has 2 aromatic rings. The van der Waals surface area contributed by atoms with Gasteiger partial charge in [0.1, 0.15) is 0 Å². The molecule has 4 nitrogen and oxygen atoms in total. The predicted molar refractivity (Wildman–Crippen MR) is 88.8 cm³/mol. The van der Waals surface area contributed by atoms with Gasteiger partial charge in [0, 0.05) is 17.0 Å². The molecule has 2 aromatic carbocycles. The van der Waals surface area contributed by atoms with Crippen LogP contribution in [-0.4, -0.2) is 20.1 Å². The molecule has 22 heavy (non-hydrogen) atoms. The molecule has 0 saturated carbocycles. The highest BCUT2D eigenvalue weighted by atomic mass is 35.5. The molecule has 0 radical (unpaired) electrons. The Morgan fingerprint density at radius 3 is 2.36 bits per heavy atom. The van der Waals surface area contributed by atoms with Gasteiger partial charge in [-0.2, -0.15) is 0 Å². The number of hydrogen-bond acceptors (Lipinski definition) is 3. The first-order chi connectivity index (χ1) is 10.5. The van der Waals surface area contributed by atoms with E-state index < -0.39 is 16.1 Å². The number of sulfonamides is 1. The average Bonchev–Trinajstić information content (AvgIpc) is 2.53. The van der Waals surface area contributed by atoms with E-state index >= 15 is 0 Å². The largest absolute Gasteiger partial charge is 0.387 e. The molecule has 0 heterocycles. The van der Waals surface area contributed by atoms with Gasteiger partial charge < -0.3 is 5.11 Å². The topological polar surface area (TPSA) is 66.4 Å². The highest BCUT2D eigenvalue weighted by molar-refractivity contribution is 7.92. The fraction of sp³-hybridized carbons (Fsp3) is 0.125. The molecule has 1 unspecified atom stereocenters. The third-order valence-electron chi connectivity index (χ3n) is 2.97. The van der Waals surface area contributed by atoms with Crippen molar-refractivity contribution in [1.29, 1.82) is 0 Å². The van der Waals surface area contributed by atoms with E-state index in [9.17, 15) is 13.5 Å². The van der Waals surface area contributed by atoms with Crippen LogP contribution in [0.15, 0.2) is 60.0 Å². The molecule has 0 fully saturated rings. The molecule has 0 bridgehead atoms. The summed E-state index contributed by atoms with van der Waals surface area (Å²) < 4.78 is 26.1. The molecule has 2 N–H and O–H groups in total. The molecule has 6 heteroatoms. The standard InChI is InChI=1S/C16H16ClNO3S/c17-15-8-6-14(7-9-15)16(19)12-18-22(20,21)11-10-13-4-2-1-3-5-13/h1-11,16,18-19H,12H2/b11-10+. The Bertz CT molecular complexity index is 728. The Balaban J connectivity index is 1.95. The second-order valence-corrected chi connectivity index (χ2v) is 6.76. The van der Waals surface area contributed by atoms with Crippen molar-refractivity contribution in [3.63, 3.8) is 0 Å². The van der Waals surface area contributed by atoms with Gasteiger partial charge in [-0.3, -0.25) is 0 Å². The fourth-order valence-electron chi connectivity index (χ4n) is 1.78. The van der Waals surface area contributed by atoms with Gasteiger partial charge in [-0.1, -0.05) is 54.1 Å². The molecule has 2 rings (SSSR count). The second kappa shape index (κ2) is 7.56. The van der Waals surface area contributed by atoms with E-state index in [-0.39, 0.29) is 6.54 Å². The second-order valence-electron chi connectivity index (χ2n) is 4.67. The molecule has 0 spiro atoms. The number of aliphatic hydroxyl groups is 1. The van der Waals surface area contributed by atoms with E-state index in [1.165, 1.54) is 6.08 Å². The summed E-state index contributed by atoms with van der Waals surface area (Å²) in [6, 6.07) is 15.7. The van der Waals surface area contributed by atoms with Gasteiger partial charge in [0.25, 0.3) is 0 Å². The number of benzene rings is 2. The average molecular weight is 338 g/mol. The van der Waals surface area contributed by atoms with Crippen molar-refractivity contribution in [2.24, 2.45) is 0 Å². The Morgan fingerprint density at radius 1 is 1.09 bits per heavy atom. The molecule has 1 atom stereocenters. The van der Waals surface area contributed by atoms with E-state index in [0.717, 1.165) is 11.0 Å². The molecule has 0 aliphatic heterocycles. The summed E-state index contributed by atoms with van der Waals surface area (Å²) in [7, 11) is -3.61. The highest BCUT2D eigenvalue weighted by Crippen LogP contribution is 2.16. The zero-order valence-electron chi connectivity index (χ0n) is 11.7. The van der Waals surface area contributed by atoms with Crippen molar-refractivity contribution in [2.75, 3.05) is 6.54 Å². The monoisotopic (exact) mass is 337 g/mol. The summed E-state index contributed by atoms with van der Waals surface area (Å²) in [4.78, 5) is 0. The van der Waals surface area contributed by atoms with Crippen molar-refractivity contribution in [3.8, 4) is 0 Å². The van der Waals surface area contributed by atoms with Crippen LogP contribution in [0.4, 0.5) is 0 Å². The lowest BCUT2D eigenvalue weighted by Crippen LogP contribution is -2.26. The van der Waals surface area contributed by atoms with Gasteiger partial charge in [-0.15, -0.1) is 0 Å². The van der Waals surface area contributed by atoms with Crippen LogP contribution >= 0.6 is 11.6 Å². The molecule has 116 valence electrons. The number of rotatable bonds is 6. The Morgan fingerprint density at radius 2 is 1.73 bits per heavy atom. The smallest absolute Gasteiger partial charge is 0.233 e. The van der Waals surface area contributed by atoms with Gasteiger partial charge in [0.2, 0.25) is 10.0 Å². The predicted octanol–water partition coefficient (Wildman–Crippen LogP) is 2.96. The third-order valence-corrected chi connectivity index (χ3v) is 4.29. The van der Waals surface area contributed by atoms with Crippen LogP contribution in [0.3, 0.4) is 0 Å². The third kappa shape index (κ3) is 5.27. The first-order valence-corrected chi connectivity index (χ1v) is 8.55. The number of hydrogen-bond donors (Lipinski definition) is 2. The molecular weight excluding hydrogens is 322 g/mol. The van der Waals surface area contributed by atoms with Crippen molar-refractivity contribution in [1.82, 2.24) is 4.72 Å². The maximum Gasteiger partial charge on any atom is 0.233 e. The van der Waals surface area contributed by atoms with E-state index in [1.54, 1.807) is 36.4 Å². The van der Waals surface area contributed by atoms with E-state index in [1.807, 2.05) is 18.2 Å². The van der Waals surface area contributed by atoms with Gasteiger partial charge in [-0.25, -0.2) is 13.1 Å². The van der Waals surface area contributed by atoms with E-state index in [0.29, 0.717) is 10.6 Å².